The standard InChI is InChI=1S/3C6H11.Al.ClH/c3*1-2-4-6-5-3-1;;/h3*1H,2-6H2;;1H/p-1. The molecular formula is C18H33AlCl-. The van der Waals surface area contributed by atoms with Crippen molar-refractivity contribution in [3.8, 4) is 0 Å². The summed E-state index contributed by atoms with van der Waals surface area (Å²) >= 11 is -0.478. The molecule has 3 saturated carbocycles. The van der Waals surface area contributed by atoms with Crippen LogP contribution in [0.25, 0.3) is 0 Å². The van der Waals surface area contributed by atoms with Crippen molar-refractivity contribution in [3.05, 3.63) is 0 Å². The molecule has 0 heterocycles. The lowest BCUT2D eigenvalue weighted by molar-refractivity contribution is -0.00000400. The molecule has 0 unspecified atom stereocenters. The summed E-state index contributed by atoms with van der Waals surface area (Å²) < 4.78 is 3.79. The molecule has 3 aliphatic carbocycles. The fourth-order valence-electron chi connectivity index (χ4n) is 5.71. The van der Waals surface area contributed by atoms with Crippen LogP contribution in [-0.2, 0) is 0 Å². The van der Waals surface area contributed by atoms with E-state index >= 15 is 0 Å². The van der Waals surface area contributed by atoms with Crippen molar-refractivity contribution < 1.29 is 12.4 Å². The zero-order chi connectivity index (χ0) is 12.9. The van der Waals surface area contributed by atoms with Gasteiger partial charge in [0, 0.05) is 0 Å². The summed E-state index contributed by atoms with van der Waals surface area (Å²) in [5.41, 5.74) is 0. The highest BCUT2D eigenvalue weighted by Gasteiger charge is 2.41. The van der Waals surface area contributed by atoms with Gasteiger partial charge < -0.3 is 12.4 Å². The van der Waals surface area contributed by atoms with Gasteiger partial charge >= 0.3 is 0 Å². The summed E-state index contributed by atoms with van der Waals surface area (Å²) in [6.07, 6.45) is 24.0. The average Bonchev–Trinajstić information content (AvgIpc) is 2.51. The summed E-state index contributed by atoms with van der Waals surface area (Å²) in [6.45, 7) is 0. The van der Waals surface area contributed by atoms with E-state index in [9.17, 15) is 0 Å². The predicted octanol–water partition coefficient (Wildman–Crippen LogP) is 3.49. The quantitative estimate of drug-likeness (QED) is 0.700. The Morgan fingerprint density at radius 1 is 0.400 bits per heavy atom. The average molecular weight is 312 g/mol. The second-order valence-electron chi connectivity index (χ2n) is 7.77. The van der Waals surface area contributed by atoms with Crippen LogP contribution in [0, 0.1) is 0 Å². The molecule has 0 aliphatic heterocycles. The third-order valence-electron chi connectivity index (χ3n) is 6.58. The lowest BCUT2D eigenvalue weighted by Gasteiger charge is -2.40. The van der Waals surface area contributed by atoms with Gasteiger partial charge in [0.05, 0.1) is 0 Å². The SMILES string of the molecule is C1CC[CH]([Al]([CH]2CCCCC2)[CH]2CCCCC2)CC1.[Cl-]. The Balaban J connectivity index is 0.00000147. The lowest BCUT2D eigenvalue weighted by atomic mass is 9.98. The molecule has 0 bridgehead atoms. The molecule has 3 fully saturated rings. The van der Waals surface area contributed by atoms with Crippen molar-refractivity contribution in [1.29, 1.82) is 0 Å². The maximum atomic E-state index is 1.64. The largest absolute Gasteiger partial charge is 1.00 e. The first-order valence-electron chi connectivity index (χ1n) is 9.45. The van der Waals surface area contributed by atoms with E-state index in [-0.39, 0.29) is 12.4 Å². The first-order chi connectivity index (χ1) is 9.45. The molecule has 0 atom stereocenters. The summed E-state index contributed by atoms with van der Waals surface area (Å²) in [5, 5.41) is 0. The van der Waals surface area contributed by atoms with Crippen LogP contribution in [-0.4, -0.2) is 14.1 Å². The first kappa shape index (κ1) is 17.2. The Labute approximate surface area is 137 Å². The summed E-state index contributed by atoms with van der Waals surface area (Å²) in [6, 6.07) is 0. The van der Waals surface area contributed by atoms with Crippen LogP contribution >= 0.6 is 0 Å². The minimum absolute atomic E-state index is 0. The van der Waals surface area contributed by atoms with Crippen molar-refractivity contribution in [3.63, 3.8) is 0 Å². The fourth-order valence-corrected chi connectivity index (χ4v) is 11.7. The molecule has 0 amide bonds. The molecule has 0 aromatic carbocycles. The summed E-state index contributed by atoms with van der Waals surface area (Å²) in [4.78, 5) is 0. The van der Waals surface area contributed by atoms with Crippen LogP contribution in [0.3, 0.4) is 0 Å². The van der Waals surface area contributed by atoms with Crippen molar-refractivity contribution >= 4 is 14.1 Å². The van der Waals surface area contributed by atoms with Crippen LogP contribution in [0.4, 0.5) is 0 Å². The molecule has 3 aliphatic rings. The molecule has 116 valence electrons. The molecule has 0 radical (unpaired) electrons. The first-order valence-corrected chi connectivity index (χ1v) is 11.4. The van der Waals surface area contributed by atoms with E-state index in [2.05, 4.69) is 0 Å². The molecular weight excluding hydrogens is 279 g/mol. The lowest BCUT2D eigenvalue weighted by Crippen LogP contribution is -3.00. The predicted molar refractivity (Wildman–Crippen MR) is 86.3 cm³/mol. The highest BCUT2D eigenvalue weighted by atomic mass is 35.5. The molecule has 0 aromatic heterocycles. The van der Waals surface area contributed by atoms with E-state index in [1.165, 1.54) is 14.3 Å². The van der Waals surface area contributed by atoms with E-state index in [1.54, 1.807) is 96.3 Å². The second-order valence-corrected chi connectivity index (χ2v) is 11.8. The zero-order valence-electron chi connectivity index (χ0n) is 13.3. The Morgan fingerprint density at radius 3 is 0.900 bits per heavy atom. The summed E-state index contributed by atoms with van der Waals surface area (Å²) in [5.74, 6) is 0. The van der Waals surface area contributed by atoms with Gasteiger partial charge in [-0.1, -0.05) is 111 Å². The van der Waals surface area contributed by atoms with E-state index in [4.69, 9.17) is 0 Å². The minimum atomic E-state index is -0.478. The highest BCUT2D eigenvalue weighted by Crippen LogP contribution is 2.49. The molecule has 0 saturated heterocycles. The van der Waals surface area contributed by atoms with E-state index in [0.29, 0.717) is 0 Å². The number of hydrogen-bond donors (Lipinski definition) is 0. The minimum Gasteiger partial charge on any atom is -1.00 e. The molecule has 0 N–H and O–H groups in total. The number of hydrogen-bond acceptors (Lipinski definition) is 0. The van der Waals surface area contributed by atoms with Crippen molar-refractivity contribution in [2.45, 2.75) is 111 Å². The Morgan fingerprint density at radius 2 is 0.650 bits per heavy atom. The normalized spacial score (nSPS) is 27.0. The fraction of sp³-hybridized carbons (Fsp3) is 1.00. The maximum absolute atomic E-state index is 1.64. The third-order valence-corrected chi connectivity index (χ3v) is 11.8. The number of rotatable bonds is 3. The van der Waals surface area contributed by atoms with Gasteiger partial charge in [-0.2, -0.15) is 0 Å². The third kappa shape index (κ3) is 4.41. The van der Waals surface area contributed by atoms with Crippen LogP contribution in [0.5, 0.6) is 0 Å². The van der Waals surface area contributed by atoms with Crippen LogP contribution < -0.4 is 12.4 Å². The molecule has 20 heavy (non-hydrogen) atoms. The smallest absolute Gasteiger partial charge is 0.272 e. The molecule has 0 nitrogen and oxygen atoms in total. The van der Waals surface area contributed by atoms with Gasteiger partial charge in [0.25, 0.3) is 14.1 Å². The van der Waals surface area contributed by atoms with Crippen LogP contribution in [0.2, 0.25) is 14.3 Å². The van der Waals surface area contributed by atoms with Crippen molar-refractivity contribution in [2.75, 3.05) is 0 Å². The Bertz CT molecular complexity index is 207. The van der Waals surface area contributed by atoms with E-state index < -0.39 is 14.1 Å². The van der Waals surface area contributed by atoms with Gasteiger partial charge in [-0.3, -0.25) is 0 Å². The summed E-state index contributed by atoms with van der Waals surface area (Å²) in [7, 11) is 0. The Kier molecular flexibility index (Phi) is 7.79. The topological polar surface area (TPSA) is 0 Å². The van der Waals surface area contributed by atoms with Gasteiger partial charge in [0.15, 0.2) is 0 Å². The Hall–Kier alpha value is 0.822. The number of halogens is 1. The van der Waals surface area contributed by atoms with Crippen LogP contribution in [0.15, 0.2) is 0 Å². The van der Waals surface area contributed by atoms with Crippen molar-refractivity contribution in [2.24, 2.45) is 0 Å². The van der Waals surface area contributed by atoms with Gasteiger partial charge in [0.2, 0.25) is 0 Å². The van der Waals surface area contributed by atoms with Gasteiger partial charge in [-0.25, -0.2) is 0 Å². The van der Waals surface area contributed by atoms with Gasteiger partial charge in [-0.15, -0.1) is 0 Å². The maximum Gasteiger partial charge on any atom is 0.272 e. The second kappa shape index (κ2) is 9.07. The van der Waals surface area contributed by atoms with E-state index in [1.807, 2.05) is 0 Å². The zero-order valence-corrected chi connectivity index (χ0v) is 15.2. The van der Waals surface area contributed by atoms with Gasteiger partial charge in [-0.05, 0) is 0 Å². The van der Waals surface area contributed by atoms with Gasteiger partial charge in [0.1, 0.15) is 0 Å². The highest BCUT2D eigenvalue weighted by molar-refractivity contribution is 6.63. The van der Waals surface area contributed by atoms with Crippen molar-refractivity contribution in [1.82, 2.24) is 0 Å². The molecule has 3 rings (SSSR count). The molecule has 0 spiro atoms. The van der Waals surface area contributed by atoms with Crippen LogP contribution in [0.1, 0.15) is 96.3 Å². The molecule has 2 heteroatoms. The monoisotopic (exact) mass is 311 g/mol. The van der Waals surface area contributed by atoms with E-state index in [0.717, 1.165) is 0 Å². The molecule has 0 aromatic rings.